The van der Waals surface area contributed by atoms with Crippen molar-refractivity contribution in [1.29, 1.82) is 0 Å². The van der Waals surface area contributed by atoms with Gasteiger partial charge in [0.05, 0.1) is 10.7 Å². The Balaban J connectivity index is 2.16. The molecule has 2 rings (SSSR count). The van der Waals surface area contributed by atoms with Crippen molar-refractivity contribution in [2.45, 2.75) is 25.9 Å². The Morgan fingerprint density at radius 1 is 1.35 bits per heavy atom. The molecule has 20 heavy (non-hydrogen) atoms. The molecule has 4 nitrogen and oxygen atoms in total. The van der Waals surface area contributed by atoms with Crippen LogP contribution in [-0.2, 0) is 13.6 Å². The number of aromatic hydroxyl groups is 1. The van der Waals surface area contributed by atoms with Gasteiger partial charge in [0.2, 0.25) is 0 Å². The standard InChI is InChI=1S/C14H17Cl2N3O/c1-3-12(17-8-9-6-7-18-19(9)2)10-4-5-11(15)13(16)14(10)20/h4-7,12,17,20H,3,8H2,1-2H3/t12-/m0/s1. The first-order chi connectivity index (χ1) is 9.54. The van der Waals surface area contributed by atoms with Gasteiger partial charge in [-0.05, 0) is 18.6 Å². The van der Waals surface area contributed by atoms with E-state index in [-0.39, 0.29) is 16.8 Å². The first kappa shape index (κ1) is 15.2. The van der Waals surface area contributed by atoms with Crippen molar-refractivity contribution in [3.8, 4) is 5.75 Å². The van der Waals surface area contributed by atoms with Crippen LogP contribution in [0.5, 0.6) is 5.75 Å². The maximum Gasteiger partial charge on any atom is 0.140 e. The zero-order valence-electron chi connectivity index (χ0n) is 11.4. The number of phenols is 1. The van der Waals surface area contributed by atoms with Gasteiger partial charge < -0.3 is 10.4 Å². The predicted octanol–water partition coefficient (Wildman–Crippen LogP) is 3.67. The highest BCUT2D eigenvalue weighted by Gasteiger charge is 2.17. The molecule has 1 heterocycles. The van der Waals surface area contributed by atoms with E-state index in [9.17, 15) is 5.11 Å². The Labute approximate surface area is 128 Å². The van der Waals surface area contributed by atoms with Crippen LogP contribution in [0.15, 0.2) is 24.4 Å². The highest BCUT2D eigenvalue weighted by atomic mass is 35.5. The molecule has 0 aliphatic heterocycles. The Morgan fingerprint density at radius 3 is 2.70 bits per heavy atom. The van der Waals surface area contributed by atoms with E-state index in [1.807, 2.05) is 24.7 Å². The summed E-state index contributed by atoms with van der Waals surface area (Å²) in [6, 6.07) is 5.45. The Kier molecular flexibility index (Phi) is 4.91. The average molecular weight is 314 g/mol. The fourth-order valence-electron chi connectivity index (χ4n) is 2.11. The molecule has 2 N–H and O–H groups in total. The maximum absolute atomic E-state index is 10.1. The number of hydrogen-bond acceptors (Lipinski definition) is 3. The lowest BCUT2D eigenvalue weighted by Gasteiger charge is -2.19. The van der Waals surface area contributed by atoms with Crippen molar-refractivity contribution in [3.63, 3.8) is 0 Å². The van der Waals surface area contributed by atoms with Gasteiger partial charge in [-0.3, -0.25) is 4.68 Å². The van der Waals surface area contributed by atoms with E-state index in [2.05, 4.69) is 10.4 Å². The Hall–Kier alpha value is -1.23. The van der Waals surface area contributed by atoms with Crippen LogP contribution in [0.3, 0.4) is 0 Å². The molecule has 0 unspecified atom stereocenters. The number of hydrogen-bond donors (Lipinski definition) is 2. The van der Waals surface area contributed by atoms with Crippen molar-refractivity contribution in [1.82, 2.24) is 15.1 Å². The SMILES string of the molecule is CC[C@H](NCc1ccnn1C)c1ccc(Cl)c(Cl)c1O. The topological polar surface area (TPSA) is 50.1 Å². The van der Waals surface area contributed by atoms with Crippen LogP contribution in [0.25, 0.3) is 0 Å². The van der Waals surface area contributed by atoms with Crippen molar-refractivity contribution in [2.75, 3.05) is 0 Å². The minimum atomic E-state index is -0.000309. The molecule has 0 amide bonds. The van der Waals surface area contributed by atoms with Crippen molar-refractivity contribution >= 4 is 23.2 Å². The monoisotopic (exact) mass is 313 g/mol. The van der Waals surface area contributed by atoms with Gasteiger partial charge in [-0.1, -0.05) is 36.2 Å². The summed E-state index contributed by atoms with van der Waals surface area (Å²) >= 11 is 11.9. The first-order valence-electron chi connectivity index (χ1n) is 6.41. The van der Waals surface area contributed by atoms with E-state index in [1.165, 1.54) is 0 Å². The van der Waals surface area contributed by atoms with Gasteiger partial charge in [0.15, 0.2) is 0 Å². The van der Waals surface area contributed by atoms with Gasteiger partial charge in [0.1, 0.15) is 10.8 Å². The van der Waals surface area contributed by atoms with E-state index in [0.717, 1.165) is 17.7 Å². The summed E-state index contributed by atoms with van der Waals surface area (Å²) < 4.78 is 1.81. The Bertz CT molecular complexity index is 598. The summed E-state index contributed by atoms with van der Waals surface area (Å²) in [6.07, 6.45) is 2.58. The molecule has 0 saturated carbocycles. The molecule has 1 aromatic carbocycles. The van der Waals surface area contributed by atoms with Crippen LogP contribution in [0.1, 0.15) is 30.6 Å². The van der Waals surface area contributed by atoms with Gasteiger partial charge in [-0.2, -0.15) is 5.10 Å². The Morgan fingerprint density at radius 2 is 2.10 bits per heavy atom. The summed E-state index contributed by atoms with van der Waals surface area (Å²) in [5, 5.41) is 18.2. The summed E-state index contributed by atoms with van der Waals surface area (Å²) in [4.78, 5) is 0. The molecule has 0 bridgehead atoms. The van der Waals surface area contributed by atoms with Crippen molar-refractivity contribution in [3.05, 3.63) is 45.7 Å². The number of aromatic nitrogens is 2. The van der Waals surface area contributed by atoms with Crippen molar-refractivity contribution < 1.29 is 5.11 Å². The average Bonchev–Trinajstić information content (AvgIpc) is 2.84. The lowest BCUT2D eigenvalue weighted by atomic mass is 10.0. The third-order valence-corrected chi connectivity index (χ3v) is 4.13. The van der Waals surface area contributed by atoms with E-state index in [4.69, 9.17) is 23.2 Å². The van der Waals surface area contributed by atoms with Crippen LogP contribution in [0.2, 0.25) is 10.0 Å². The third kappa shape index (κ3) is 3.08. The largest absolute Gasteiger partial charge is 0.506 e. The smallest absolute Gasteiger partial charge is 0.140 e. The van der Waals surface area contributed by atoms with Gasteiger partial charge in [-0.25, -0.2) is 0 Å². The lowest BCUT2D eigenvalue weighted by molar-refractivity contribution is 0.438. The van der Waals surface area contributed by atoms with E-state index in [0.29, 0.717) is 11.6 Å². The number of phenolic OH excluding ortho intramolecular Hbond substituents is 1. The van der Waals surface area contributed by atoms with Crippen LogP contribution in [-0.4, -0.2) is 14.9 Å². The van der Waals surface area contributed by atoms with Crippen LogP contribution in [0, 0.1) is 0 Å². The van der Waals surface area contributed by atoms with Gasteiger partial charge in [0, 0.05) is 31.4 Å². The molecular weight excluding hydrogens is 297 g/mol. The van der Waals surface area contributed by atoms with E-state index >= 15 is 0 Å². The highest BCUT2D eigenvalue weighted by Crippen LogP contribution is 2.37. The zero-order chi connectivity index (χ0) is 14.7. The molecule has 0 fully saturated rings. The number of benzene rings is 1. The molecule has 0 radical (unpaired) electrons. The number of rotatable bonds is 5. The van der Waals surface area contributed by atoms with Gasteiger partial charge in [-0.15, -0.1) is 0 Å². The minimum absolute atomic E-state index is 0.000309. The van der Waals surface area contributed by atoms with Gasteiger partial charge in [0.25, 0.3) is 0 Å². The van der Waals surface area contributed by atoms with Crippen LogP contribution < -0.4 is 5.32 Å². The number of nitrogens with one attached hydrogen (secondary N) is 1. The van der Waals surface area contributed by atoms with Crippen LogP contribution >= 0.6 is 23.2 Å². The second kappa shape index (κ2) is 6.48. The summed E-state index contributed by atoms with van der Waals surface area (Å²) in [5.41, 5.74) is 1.83. The quantitative estimate of drug-likeness (QED) is 0.885. The molecule has 0 aliphatic carbocycles. The van der Waals surface area contributed by atoms with E-state index < -0.39 is 0 Å². The van der Waals surface area contributed by atoms with E-state index in [1.54, 1.807) is 18.3 Å². The van der Waals surface area contributed by atoms with Crippen molar-refractivity contribution in [2.24, 2.45) is 7.05 Å². The minimum Gasteiger partial charge on any atom is -0.506 e. The molecule has 0 spiro atoms. The number of halogens is 2. The molecule has 0 saturated heterocycles. The molecule has 1 aromatic heterocycles. The second-order valence-electron chi connectivity index (χ2n) is 4.59. The summed E-state index contributed by atoms with van der Waals surface area (Å²) in [7, 11) is 1.90. The highest BCUT2D eigenvalue weighted by molar-refractivity contribution is 6.43. The zero-order valence-corrected chi connectivity index (χ0v) is 12.9. The second-order valence-corrected chi connectivity index (χ2v) is 5.37. The molecule has 1 atom stereocenters. The maximum atomic E-state index is 10.1. The molecular formula is C14H17Cl2N3O. The number of aryl methyl sites for hydroxylation is 1. The predicted molar refractivity (Wildman–Crippen MR) is 81.2 cm³/mol. The molecule has 0 aliphatic rings. The lowest BCUT2D eigenvalue weighted by Crippen LogP contribution is -2.21. The normalized spacial score (nSPS) is 12.6. The molecule has 6 heteroatoms. The summed E-state index contributed by atoms with van der Waals surface area (Å²) in [6.45, 7) is 2.71. The third-order valence-electron chi connectivity index (χ3n) is 3.34. The fourth-order valence-corrected chi connectivity index (χ4v) is 2.44. The number of nitrogens with zero attached hydrogens (tertiary/aromatic N) is 2. The molecule has 2 aromatic rings. The summed E-state index contributed by atoms with van der Waals surface area (Å²) in [5.74, 6) is 0.0449. The van der Waals surface area contributed by atoms with Crippen LogP contribution in [0.4, 0.5) is 0 Å². The first-order valence-corrected chi connectivity index (χ1v) is 7.17. The molecule has 108 valence electrons. The fraction of sp³-hybridized carbons (Fsp3) is 0.357. The van der Waals surface area contributed by atoms with Gasteiger partial charge >= 0.3 is 0 Å².